The van der Waals surface area contributed by atoms with Crippen LogP contribution in [0.15, 0.2) is 35.3 Å². The molecule has 2 aromatic rings. The second kappa shape index (κ2) is 5.25. The predicted octanol–water partition coefficient (Wildman–Crippen LogP) is 1.75. The maximum atomic E-state index is 12.5. The fourth-order valence-corrected chi connectivity index (χ4v) is 2.42. The number of hydrogen-bond donors (Lipinski definition) is 1. The van der Waals surface area contributed by atoms with Crippen LogP contribution in [-0.4, -0.2) is 21.4 Å². The van der Waals surface area contributed by atoms with Crippen molar-refractivity contribution >= 4 is 22.4 Å². The summed E-state index contributed by atoms with van der Waals surface area (Å²) < 4.78 is 1.31. The molecule has 1 aliphatic carbocycles. The van der Waals surface area contributed by atoms with Gasteiger partial charge in [0.1, 0.15) is 6.04 Å². The first-order valence-corrected chi connectivity index (χ1v) is 7.07. The van der Waals surface area contributed by atoms with Crippen LogP contribution in [0, 0.1) is 10.1 Å². The molecule has 1 aromatic carbocycles. The lowest BCUT2D eigenvalue weighted by Crippen LogP contribution is -2.36. The molecular weight excluding hydrogens is 286 g/mol. The van der Waals surface area contributed by atoms with Crippen LogP contribution in [0.25, 0.3) is 10.8 Å². The molecule has 0 radical (unpaired) electrons. The number of benzene rings is 1. The van der Waals surface area contributed by atoms with Crippen LogP contribution in [0.5, 0.6) is 0 Å². The quantitative estimate of drug-likeness (QED) is 0.687. The first-order valence-electron chi connectivity index (χ1n) is 7.07. The lowest BCUT2D eigenvalue weighted by molar-refractivity contribution is -0.383. The summed E-state index contributed by atoms with van der Waals surface area (Å²) in [6, 6.07) is 5.43. The van der Waals surface area contributed by atoms with Crippen molar-refractivity contribution in [2.75, 3.05) is 0 Å². The third-order valence-corrected chi connectivity index (χ3v) is 3.87. The molecule has 1 aromatic heterocycles. The van der Waals surface area contributed by atoms with Crippen LogP contribution in [0.4, 0.5) is 5.69 Å². The molecule has 0 unspecified atom stereocenters. The molecule has 1 saturated carbocycles. The fourth-order valence-electron chi connectivity index (χ4n) is 2.42. The Hall–Kier alpha value is -2.70. The highest BCUT2D eigenvalue weighted by molar-refractivity contribution is 5.90. The summed E-state index contributed by atoms with van der Waals surface area (Å²) in [5.41, 5.74) is -0.517. The molecule has 7 heteroatoms. The van der Waals surface area contributed by atoms with Crippen molar-refractivity contribution in [3.63, 3.8) is 0 Å². The van der Waals surface area contributed by atoms with Gasteiger partial charge in [-0.05, 0) is 31.9 Å². The minimum absolute atomic E-state index is 0.114. The molecule has 1 amide bonds. The van der Waals surface area contributed by atoms with Gasteiger partial charge in [-0.15, -0.1) is 0 Å². The standard InChI is InChI=1S/C15H15N3O4/c1-9(14(19)16-10-5-6-10)17-8-7-11-12(15(17)20)3-2-4-13(11)18(21)22/h2-4,7-10H,5-6H2,1H3,(H,16,19)/t9-/m1/s1. The average molecular weight is 301 g/mol. The molecule has 1 N–H and O–H groups in total. The molecule has 0 bridgehead atoms. The molecule has 3 rings (SSSR count). The third-order valence-electron chi connectivity index (χ3n) is 3.87. The van der Waals surface area contributed by atoms with E-state index in [2.05, 4.69) is 5.32 Å². The van der Waals surface area contributed by atoms with Gasteiger partial charge in [-0.3, -0.25) is 19.7 Å². The van der Waals surface area contributed by atoms with Gasteiger partial charge in [0.25, 0.3) is 11.2 Å². The number of amides is 1. The number of nitro groups is 1. The van der Waals surface area contributed by atoms with Gasteiger partial charge in [0.05, 0.1) is 15.7 Å². The van der Waals surface area contributed by atoms with E-state index >= 15 is 0 Å². The van der Waals surface area contributed by atoms with Crippen LogP contribution in [0.1, 0.15) is 25.8 Å². The molecule has 1 atom stereocenters. The number of nitro benzene ring substituents is 1. The van der Waals surface area contributed by atoms with Gasteiger partial charge in [-0.25, -0.2) is 0 Å². The molecule has 1 heterocycles. The van der Waals surface area contributed by atoms with Gasteiger partial charge >= 0.3 is 0 Å². The van der Waals surface area contributed by atoms with Crippen molar-refractivity contribution in [2.45, 2.75) is 31.8 Å². The van der Waals surface area contributed by atoms with Crippen LogP contribution in [-0.2, 0) is 4.79 Å². The summed E-state index contributed by atoms with van der Waals surface area (Å²) in [5, 5.41) is 14.4. The van der Waals surface area contributed by atoms with Crippen LogP contribution >= 0.6 is 0 Å². The number of rotatable bonds is 4. The molecule has 7 nitrogen and oxygen atoms in total. The summed E-state index contributed by atoms with van der Waals surface area (Å²) in [7, 11) is 0. The SMILES string of the molecule is C[C@H](C(=O)NC1CC1)n1ccc2c([N+](=O)[O-])cccc2c1=O. The Balaban J connectivity index is 2.04. The minimum atomic E-state index is -0.656. The van der Waals surface area contributed by atoms with E-state index in [1.165, 1.54) is 35.0 Å². The monoisotopic (exact) mass is 301 g/mol. The number of hydrogen-bond acceptors (Lipinski definition) is 4. The normalized spacial score (nSPS) is 15.5. The van der Waals surface area contributed by atoms with Gasteiger partial charge in [0.2, 0.25) is 5.91 Å². The zero-order valence-electron chi connectivity index (χ0n) is 12.0. The second-order valence-electron chi connectivity index (χ2n) is 5.48. The first-order chi connectivity index (χ1) is 10.5. The van der Waals surface area contributed by atoms with Crippen LogP contribution < -0.4 is 10.9 Å². The Kier molecular flexibility index (Phi) is 3.40. The summed E-state index contributed by atoms with van der Waals surface area (Å²) in [6.45, 7) is 1.64. The van der Waals surface area contributed by atoms with E-state index in [9.17, 15) is 19.7 Å². The number of nitrogens with zero attached hydrogens (tertiary/aromatic N) is 2. The third kappa shape index (κ3) is 2.45. The molecular formula is C15H15N3O4. The van der Waals surface area contributed by atoms with Crippen molar-refractivity contribution < 1.29 is 9.72 Å². The first kappa shape index (κ1) is 14.2. The molecule has 1 fully saturated rings. The summed E-state index contributed by atoms with van der Waals surface area (Å²) >= 11 is 0. The highest BCUT2D eigenvalue weighted by Gasteiger charge is 2.27. The van der Waals surface area contributed by atoms with E-state index in [1.807, 2.05) is 0 Å². The number of non-ortho nitro benzene ring substituents is 1. The molecule has 22 heavy (non-hydrogen) atoms. The molecule has 0 aliphatic heterocycles. The Morgan fingerprint density at radius 1 is 1.36 bits per heavy atom. The Morgan fingerprint density at radius 2 is 2.09 bits per heavy atom. The number of aromatic nitrogens is 1. The number of pyridine rings is 1. The maximum absolute atomic E-state index is 12.5. The van der Waals surface area contributed by atoms with Crippen molar-refractivity contribution in [1.82, 2.24) is 9.88 Å². The van der Waals surface area contributed by atoms with Crippen molar-refractivity contribution in [1.29, 1.82) is 0 Å². The molecule has 0 spiro atoms. The molecule has 0 saturated heterocycles. The van der Waals surface area contributed by atoms with Gasteiger partial charge in [0, 0.05) is 18.3 Å². The van der Waals surface area contributed by atoms with E-state index in [0.717, 1.165) is 12.8 Å². The van der Waals surface area contributed by atoms with Gasteiger partial charge < -0.3 is 9.88 Å². The largest absolute Gasteiger partial charge is 0.352 e. The maximum Gasteiger partial charge on any atom is 0.277 e. The number of nitrogens with one attached hydrogen (secondary N) is 1. The Morgan fingerprint density at radius 3 is 2.73 bits per heavy atom. The molecule has 114 valence electrons. The molecule has 1 aliphatic rings. The lowest BCUT2D eigenvalue weighted by Gasteiger charge is -2.15. The van der Waals surface area contributed by atoms with Gasteiger partial charge in [0.15, 0.2) is 0 Å². The Labute approximate surface area is 125 Å². The van der Waals surface area contributed by atoms with Crippen molar-refractivity contribution in [3.8, 4) is 0 Å². The average Bonchev–Trinajstić information content (AvgIpc) is 3.30. The highest BCUT2D eigenvalue weighted by atomic mass is 16.6. The summed E-state index contributed by atoms with van der Waals surface area (Å²) in [5.74, 6) is -0.214. The predicted molar refractivity (Wildman–Crippen MR) is 80.7 cm³/mol. The Bertz CT molecular complexity index is 823. The van der Waals surface area contributed by atoms with E-state index in [-0.39, 0.29) is 28.4 Å². The zero-order valence-corrected chi connectivity index (χ0v) is 12.0. The topological polar surface area (TPSA) is 94.2 Å². The minimum Gasteiger partial charge on any atom is -0.352 e. The van der Waals surface area contributed by atoms with E-state index in [4.69, 9.17) is 0 Å². The zero-order chi connectivity index (χ0) is 15.9. The number of carbonyl (C=O) groups is 1. The van der Waals surface area contributed by atoms with E-state index < -0.39 is 16.5 Å². The van der Waals surface area contributed by atoms with E-state index in [0.29, 0.717) is 0 Å². The smallest absolute Gasteiger partial charge is 0.277 e. The summed E-state index contributed by atoms with van der Waals surface area (Å²) in [6.07, 6.45) is 3.38. The van der Waals surface area contributed by atoms with Crippen LogP contribution in [0.2, 0.25) is 0 Å². The summed E-state index contributed by atoms with van der Waals surface area (Å²) in [4.78, 5) is 35.1. The van der Waals surface area contributed by atoms with Crippen molar-refractivity contribution in [2.24, 2.45) is 0 Å². The second-order valence-corrected chi connectivity index (χ2v) is 5.48. The fraction of sp³-hybridized carbons (Fsp3) is 0.333. The number of fused-ring (bicyclic) bond motifs is 1. The van der Waals surface area contributed by atoms with Crippen molar-refractivity contribution in [3.05, 3.63) is 50.9 Å². The van der Waals surface area contributed by atoms with Gasteiger partial charge in [-0.2, -0.15) is 0 Å². The van der Waals surface area contributed by atoms with Crippen LogP contribution in [0.3, 0.4) is 0 Å². The van der Waals surface area contributed by atoms with Gasteiger partial charge in [-0.1, -0.05) is 6.07 Å². The lowest BCUT2D eigenvalue weighted by atomic mass is 10.1. The number of carbonyl (C=O) groups excluding carboxylic acids is 1. The highest BCUT2D eigenvalue weighted by Crippen LogP contribution is 2.24. The van der Waals surface area contributed by atoms with E-state index in [1.54, 1.807) is 6.92 Å².